The van der Waals surface area contributed by atoms with Crippen LogP contribution in [0.5, 0.6) is 5.75 Å². The van der Waals surface area contributed by atoms with Gasteiger partial charge in [-0.1, -0.05) is 35.9 Å². The molecule has 0 fully saturated rings. The van der Waals surface area contributed by atoms with Crippen molar-refractivity contribution in [3.8, 4) is 5.75 Å². The molecule has 0 bridgehead atoms. The first-order chi connectivity index (χ1) is 9.63. The molecule has 0 atom stereocenters. The van der Waals surface area contributed by atoms with Crippen molar-refractivity contribution in [2.45, 2.75) is 12.8 Å². The Hall–Kier alpha value is -2.00. The Labute approximate surface area is 122 Å². The Bertz CT molecular complexity index is 561. The van der Waals surface area contributed by atoms with Crippen molar-refractivity contribution in [1.29, 1.82) is 0 Å². The normalized spacial score (nSPS) is 10.2. The maximum absolute atomic E-state index is 10.6. The molecular formula is C16H15ClO3. The second kappa shape index (κ2) is 6.96. The van der Waals surface area contributed by atoms with E-state index in [1.165, 1.54) is 0 Å². The van der Waals surface area contributed by atoms with Gasteiger partial charge in [0, 0.05) is 11.4 Å². The van der Waals surface area contributed by atoms with Crippen molar-refractivity contribution < 1.29 is 14.6 Å². The van der Waals surface area contributed by atoms with Crippen LogP contribution in [-0.4, -0.2) is 17.7 Å². The lowest BCUT2D eigenvalue weighted by atomic mass is 10.1. The largest absolute Gasteiger partial charge is 0.493 e. The van der Waals surface area contributed by atoms with Gasteiger partial charge in [0.2, 0.25) is 0 Å². The Morgan fingerprint density at radius 1 is 1.00 bits per heavy atom. The zero-order valence-electron chi connectivity index (χ0n) is 10.9. The van der Waals surface area contributed by atoms with E-state index in [0.717, 1.165) is 28.3 Å². The summed E-state index contributed by atoms with van der Waals surface area (Å²) in [4.78, 5) is 10.6. The van der Waals surface area contributed by atoms with Gasteiger partial charge in [0.05, 0.1) is 13.0 Å². The summed E-state index contributed by atoms with van der Waals surface area (Å²) in [5.74, 6) is -0.0884. The molecule has 4 heteroatoms. The molecule has 0 aromatic heterocycles. The van der Waals surface area contributed by atoms with Gasteiger partial charge in [-0.25, -0.2) is 0 Å². The third kappa shape index (κ3) is 4.59. The predicted octanol–water partition coefficient (Wildman–Crippen LogP) is 3.59. The van der Waals surface area contributed by atoms with Gasteiger partial charge in [-0.15, -0.1) is 0 Å². The highest BCUT2D eigenvalue weighted by Gasteiger charge is 2.01. The summed E-state index contributed by atoms with van der Waals surface area (Å²) in [5.41, 5.74) is 1.93. The molecule has 20 heavy (non-hydrogen) atoms. The van der Waals surface area contributed by atoms with Crippen molar-refractivity contribution >= 4 is 17.6 Å². The molecule has 104 valence electrons. The maximum atomic E-state index is 10.6. The van der Waals surface area contributed by atoms with E-state index in [1.807, 2.05) is 24.3 Å². The van der Waals surface area contributed by atoms with Crippen molar-refractivity contribution in [3.63, 3.8) is 0 Å². The molecule has 0 radical (unpaired) electrons. The van der Waals surface area contributed by atoms with E-state index < -0.39 is 5.97 Å². The Balaban J connectivity index is 1.82. The third-order valence-electron chi connectivity index (χ3n) is 2.85. The highest BCUT2D eigenvalue weighted by atomic mass is 35.5. The number of carboxylic acid groups (broad SMARTS) is 1. The van der Waals surface area contributed by atoms with E-state index in [-0.39, 0.29) is 6.42 Å². The number of halogens is 1. The summed E-state index contributed by atoms with van der Waals surface area (Å²) in [6, 6.07) is 14.8. The van der Waals surface area contributed by atoms with E-state index in [9.17, 15) is 4.79 Å². The monoisotopic (exact) mass is 290 g/mol. The zero-order chi connectivity index (χ0) is 14.4. The highest BCUT2D eigenvalue weighted by Crippen LogP contribution is 2.14. The molecule has 0 saturated carbocycles. The molecule has 0 heterocycles. The smallest absolute Gasteiger partial charge is 0.307 e. The number of hydrogen-bond acceptors (Lipinski definition) is 2. The van der Waals surface area contributed by atoms with Crippen LogP contribution in [0.2, 0.25) is 5.02 Å². The van der Waals surface area contributed by atoms with E-state index in [0.29, 0.717) is 6.61 Å². The molecule has 0 amide bonds. The van der Waals surface area contributed by atoms with E-state index in [4.69, 9.17) is 21.4 Å². The summed E-state index contributed by atoms with van der Waals surface area (Å²) in [6.45, 7) is 0.569. The summed E-state index contributed by atoms with van der Waals surface area (Å²) in [6.07, 6.45) is 0.832. The molecule has 0 aliphatic carbocycles. The minimum absolute atomic E-state index is 0.0328. The van der Waals surface area contributed by atoms with E-state index in [2.05, 4.69) is 0 Å². The molecule has 2 aromatic rings. The Morgan fingerprint density at radius 3 is 2.20 bits per heavy atom. The van der Waals surface area contributed by atoms with Crippen LogP contribution in [0.25, 0.3) is 0 Å². The van der Waals surface area contributed by atoms with Gasteiger partial charge in [0.1, 0.15) is 5.75 Å². The van der Waals surface area contributed by atoms with Gasteiger partial charge in [-0.3, -0.25) is 4.79 Å². The van der Waals surface area contributed by atoms with Crippen LogP contribution in [0.3, 0.4) is 0 Å². The van der Waals surface area contributed by atoms with Gasteiger partial charge in [-0.05, 0) is 35.4 Å². The summed E-state index contributed by atoms with van der Waals surface area (Å²) in [7, 11) is 0. The van der Waals surface area contributed by atoms with Gasteiger partial charge in [0.15, 0.2) is 0 Å². The number of benzene rings is 2. The molecule has 2 aromatic carbocycles. The quantitative estimate of drug-likeness (QED) is 0.884. The SMILES string of the molecule is O=C(O)Cc1ccc(OCCc2ccc(Cl)cc2)cc1. The molecule has 0 unspecified atom stereocenters. The molecular weight excluding hydrogens is 276 g/mol. The van der Waals surface area contributed by atoms with Crippen molar-refractivity contribution in [1.82, 2.24) is 0 Å². The molecule has 3 nitrogen and oxygen atoms in total. The van der Waals surface area contributed by atoms with Crippen LogP contribution in [0.1, 0.15) is 11.1 Å². The van der Waals surface area contributed by atoms with Crippen LogP contribution >= 0.6 is 11.6 Å². The molecule has 2 rings (SSSR count). The summed E-state index contributed by atoms with van der Waals surface area (Å²) >= 11 is 5.82. The molecule has 0 aliphatic heterocycles. The van der Waals surface area contributed by atoms with E-state index in [1.54, 1.807) is 24.3 Å². The molecule has 0 aliphatic rings. The molecule has 0 spiro atoms. The van der Waals surface area contributed by atoms with Crippen LogP contribution < -0.4 is 4.74 Å². The minimum Gasteiger partial charge on any atom is -0.493 e. The van der Waals surface area contributed by atoms with Crippen LogP contribution in [0, 0.1) is 0 Å². The number of carbonyl (C=O) groups is 1. The van der Waals surface area contributed by atoms with Crippen molar-refractivity contribution in [3.05, 3.63) is 64.7 Å². The standard InChI is InChI=1S/C16H15ClO3/c17-14-5-1-12(2-6-14)9-10-20-15-7-3-13(4-8-15)11-16(18)19/h1-8H,9-11H2,(H,18,19). The molecule has 0 saturated heterocycles. The lowest BCUT2D eigenvalue weighted by molar-refractivity contribution is -0.136. The second-order valence-electron chi connectivity index (χ2n) is 4.44. The number of carboxylic acids is 1. The van der Waals surface area contributed by atoms with Gasteiger partial charge in [-0.2, -0.15) is 0 Å². The number of aliphatic carboxylic acids is 1. The fourth-order valence-corrected chi connectivity index (χ4v) is 1.94. The Kier molecular flexibility index (Phi) is 5.02. The average Bonchev–Trinajstić information content (AvgIpc) is 2.42. The first-order valence-electron chi connectivity index (χ1n) is 6.31. The fraction of sp³-hybridized carbons (Fsp3) is 0.188. The molecule has 1 N–H and O–H groups in total. The lowest BCUT2D eigenvalue weighted by Crippen LogP contribution is -2.02. The Morgan fingerprint density at radius 2 is 1.60 bits per heavy atom. The van der Waals surface area contributed by atoms with Crippen LogP contribution in [-0.2, 0) is 17.6 Å². The zero-order valence-corrected chi connectivity index (χ0v) is 11.6. The van der Waals surface area contributed by atoms with Crippen molar-refractivity contribution in [2.24, 2.45) is 0 Å². The highest BCUT2D eigenvalue weighted by molar-refractivity contribution is 6.30. The van der Waals surface area contributed by atoms with Gasteiger partial charge in [0.25, 0.3) is 0 Å². The van der Waals surface area contributed by atoms with Gasteiger partial charge >= 0.3 is 5.97 Å². The van der Waals surface area contributed by atoms with Gasteiger partial charge < -0.3 is 9.84 Å². The fourth-order valence-electron chi connectivity index (χ4n) is 1.82. The summed E-state index contributed by atoms with van der Waals surface area (Å²) < 4.78 is 5.62. The predicted molar refractivity (Wildman–Crippen MR) is 78.4 cm³/mol. The minimum atomic E-state index is -0.832. The topological polar surface area (TPSA) is 46.5 Å². The average molecular weight is 291 g/mol. The second-order valence-corrected chi connectivity index (χ2v) is 4.88. The first-order valence-corrected chi connectivity index (χ1v) is 6.69. The summed E-state index contributed by atoms with van der Waals surface area (Å²) in [5, 5.41) is 9.41. The van der Waals surface area contributed by atoms with Crippen LogP contribution in [0.4, 0.5) is 0 Å². The third-order valence-corrected chi connectivity index (χ3v) is 3.10. The maximum Gasteiger partial charge on any atom is 0.307 e. The first kappa shape index (κ1) is 14.4. The lowest BCUT2D eigenvalue weighted by Gasteiger charge is -2.07. The van der Waals surface area contributed by atoms with E-state index >= 15 is 0 Å². The number of rotatable bonds is 6. The van der Waals surface area contributed by atoms with Crippen molar-refractivity contribution in [2.75, 3.05) is 6.61 Å². The van der Waals surface area contributed by atoms with Crippen LogP contribution in [0.15, 0.2) is 48.5 Å². The number of hydrogen-bond donors (Lipinski definition) is 1. The number of ether oxygens (including phenoxy) is 1.